The van der Waals surface area contributed by atoms with Crippen LogP contribution in [0.25, 0.3) is 0 Å². The zero-order valence-corrected chi connectivity index (χ0v) is 12.2. The first-order valence-electron chi connectivity index (χ1n) is 6.09. The van der Waals surface area contributed by atoms with Gasteiger partial charge in [-0.3, -0.25) is 4.79 Å². The molecule has 3 N–H and O–H groups in total. The molecule has 0 saturated heterocycles. The molecule has 0 radical (unpaired) electrons. The van der Waals surface area contributed by atoms with Crippen molar-refractivity contribution in [2.75, 3.05) is 16.8 Å². The molecular formula is C13H20N2O3S. The van der Waals surface area contributed by atoms with Crippen molar-refractivity contribution in [1.29, 1.82) is 0 Å². The van der Waals surface area contributed by atoms with Crippen LogP contribution in [0.5, 0.6) is 0 Å². The van der Waals surface area contributed by atoms with Gasteiger partial charge in [-0.15, -0.1) is 0 Å². The lowest BCUT2D eigenvalue weighted by atomic mass is 10.2. The molecule has 19 heavy (non-hydrogen) atoms. The molecule has 106 valence electrons. The number of nitrogen functional groups attached to an aromatic ring is 1. The predicted octanol–water partition coefficient (Wildman–Crippen LogP) is 1.67. The summed E-state index contributed by atoms with van der Waals surface area (Å²) in [5, 5.41) is 2.01. The van der Waals surface area contributed by atoms with Crippen molar-refractivity contribution < 1.29 is 13.2 Å². The van der Waals surface area contributed by atoms with Gasteiger partial charge in [0.2, 0.25) is 5.91 Å². The number of sulfone groups is 1. The quantitative estimate of drug-likeness (QED) is 0.805. The van der Waals surface area contributed by atoms with Crippen LogP contribution in [-0.2, 0) is 14.6 Å². The highest BCUT2D eigenvalue weighted by molar-refractivity contribution is 7.92. The van der Waals surface area contributed by atoms with Gasteiger partial charge in [-0.05, 0) is 37.1 Å². The molecule has 1 aromatic rings. The molecule has 0 heterocycles. The molecular weight excluding hydrogens is 264 g/mol. The van der Waals surface area contributed by atoms with E-state index in [1.807, 2.05) is 13.8 Å². The molecule has 0 saturated carbocycles. The fraction of sp³-hybridized carbons (Fsp3) is 0.462. The summed E-state index contributed by atoms with van der Waals surface area (Å²) in [4.78, 5) is 11.7. The summed E-state index contributed by atoms with van der Waals surface area (Å²) in [7, 11) is -3.42. The van der Waals surface area contributed by atoms with E-state index in [1.165, 1.54) is 0 Å². The molecule has 0 aliphatic carbocycles. The van der Waals surface area contributed by atoms with Gasteiger partial charge < -0.3 is 11.1 Å². The zero-order chi connectivity index (χ0) is 14.6. The zero-order valence-electron chi connectivity index (χ0n) is 11.4. The molecule has 5 nitrogen and oxygen atoms in total. The minimum atomic E-state index is -3.42. The lowest BCUT2D eigenvalue weighted by molar-refractivity contribution is -0.113. The van der Waals surface area contributed by atoms with Crippen molar-refractivity contribution in [2.45, 2.75) is 26.0 Å². The number of benzene rings is 1. The fourth-order valence-corrected chi connectivity index (χ4v) is 3.02. The second-order valence-corrected chi connectivity index (χ2v) is 7.28. The summed E-state index contributed by atoms with van der Waals surface area (Å²) in [6.45, 7) is 5.26. The smallest absolute Gasteiger partial charge is 0.239 e. The van der Waals surface area contributed by atoms with Crippen molar-refractivity contribution in [3.63, 3.8) is 0 Å². The molecule has 0 bridgehead atoms. The second kappa shape index (κ2) is 6.06. The first-order valence-corrected chi connectivity index (χ1v) is 7.81. The van der Waals surface area contributed by atoms with Crippen LogP contribution in [0.15, 0.2) is 24.3 Å². The molecule has 1 amide bonds. The maximum atomic E-state index is 11.9. The Hall–Kier alpha value is -1.56. The third-order valence-corrected chi connectivity index (χ3v) is 5.37. The van der Waals surface area contributed by atoms with Gasteiger partial charge in [-0.1, -0.05) is 13.8 Å². The van der Waals surface area contributed by atoms with Crippen LogP contribution in [0, 0.1) is 5.92 Å². The Morgan fingerprint density at radius 3 is 2.21 bits per heavy atom. The van der Waals surface area contributed by atoms with Gasteiger partial charge in [0.1, 0.15) is 5.75 Å². The molecule has 1 rings (SSSR count). The highest BCUT2D eigenvalue weighted by atomic mass is 32.2. The van der Waals surface area contributed by atoms with E-state index in [2.05, 4.69) is 5.32 Å². The van der Waals surface area contributed by atoms with E-state index < -0.39 is 26.7 Å². The number of rotatable bonds is 5. The number of carbonyl (C=O) groups is 1. The second-order valence-electron chi connectivity index (χ2n) is 4.93. The number of hydrogen-bond donors (Lipinski definition) is 2. The summed E-state index contributed by atoms with van der Waals surface area (Å²) in [6.07, 6.45) is 0. The third kappa shape index (κ3) is 4.55. The number of amides is 1. The Morgan fingerprint density at radius 1 is 1.21 bits per heavy atom. The van der Waals surface area contributed by atoms with Crippen LogP contribution < -0.4 is 11.1 Å². The van der Waals surface area contributed by atoms with Crippen LogP contribution in [0.3, 0.4) is 0 Å². The molecule has 1 unspecified atom stereocenters. The Morgan fingerprint density at radius 2 is 1.74 bits per heavy atom. The standard InChI is InChI=1S/C13H20N2O3S/c1-9(2)10(3)19(17,18)8-13(16)15-12-6-4-11(14)5-7-12/h4-7,9-10H,8,14H2,1-3H3,(H,15,16). The largest absolute Gasteiger partial charge is 0.399 e. The molecule has 0 aromatic heterocycles. The topological polar surface area (TPSA) is 89.3 Å². The van der Waals surface area contributed by atoms with E-state index in [0.29, 0.717) is 11.4 Å². The van der Waals surface area contributed by atoms with E-state index in [0.717, 1.165) is 0 Å². The summed E-state index contributed by atoms with van der Waals surface area (Å²) in [6, 6.07) is 6.54. The minimum Gasteiger partial charge on any atom is -0.399 e. The SMILES string of the molecule is CC(C)C(C)S(=O)(=O)CC(=O)Nc1ccc(N)cc1. The number of hydrogen-bond acceptors (Lipinski definition) is 4. The predicted molar refractivity (Wildman–Crippen MR) is 77.6 cm³/mol. The molecule has 0 spiro atoms. The number of anilines is 2. The van der Waals surface area contributed by atoms with E-state index >= 15 is 0 Å². The summed E-state index contributed by atoms with van der Waals surface area (Å²) in [5.74, 6) is -1.05. The average molecular weight is 284 g/mol. The number of carbonyl (C=O) groups excluding carboxylic acids is 1. The summed E-state index contributed by atoms with van der Waals surface area (Å²) >= 11 is 0. The lowest BCUT2D eigenvalue weighted by Crippen LogP contribution is -2.32. The van der Waals surface area contributed by atoms with E-state index in [1.54, 1.807) is 31.2 Å². The Labute approximate surface area is 114 Å². The highest BCUT2D eigenvalue weighted by Gasteiger charge is 2.26. The fourth-order valence-electron chi connectivity index (χ4n) is 1.49. The normalized spacial score (nSPS) is 13.3. The van der Waals surface area contributed by atoms with Gasteiger partial charge >= 0.3 is 0 Å². The summed E-state index contributed by atoms with van der Waals surface area (Å²) < 4.78 is 23.9. The molecule has 0 aliphatic heterocycles. The van der Waals surface area contributed by atoms with Crippen LogP contribution in [0.4, 0.5) is 11.4 Å². The van der Waals surface area contributed by atoms with Gasteiger partial charge in [0, 0.05) is 11.4 Å². The van der Waals surface area contributed by atoms with Gasteiger partial charge in [0.15, 0.2) is 9.84 Å². The highest BCUT2D eigenvalue weighted by Crippen LogP contribution is 2.14. The Kier molecular flexibility index (Phi) is 4.94. The Bertz CT molecular complexity index is 536. The molecule has 6 heteroatoms. The van der Waals surface area contributed by atoms with Gasteiger partial charge in [0.25, 0.3) is 0 Å². The van der Waals surface area contributed by atoms with Crippen LogP contribution >= 0.6 is 0 Å². The maximum absolute atomic E-state index is 11.9. The first-order chi connectivity index (χ1) is 8.72. The molecule has 1 aromatic carbocycles. The summed E-state index contributed by atoms with van der Waals surface area (Å²) in [5.41, 5.74) is 6.64. The van der Waals surface area contributed by atoms with Crippen LogP contribution in [0.2, 0.25) is 0 Å². The van der Waals surface area contributed by atoms with Crippen LogP contribution in [-0.4, -0.2) is 25.3 Å². The first kappa shape index (κ1) is 15.5. The maximum Gasteiger partial charge on any atom is 0.239 e. The van der Waals surface area contributed by atoms with Gasteiger partial charge in [-0.25, -0.2) is 8.42 Å². The number of nitrogens with one attached hydrogen (secondary N) is 1. The number of nitrogens with two attached hydrogens (primary N) is 1. The monoisotopic (exact) mass is 284 g/mol. The van der Waals surface area contributed by atoms with Crippen molar-refractivity contribution >= 4 is 27.1 Å². The van der Waals surface area contributed by atoms with Crippen molar-refractivity contribution in [1.82, 2.24) is 0 Å². The van der Waals surface area contributed by atoms with E-state index in [-0.39, 0.29) is 5.92 Å². The molecule has 0 aliphatic rings. The van der Waals surface area contributed by atoms with Crippen LogP contribution in [0.1, 0.15) is 20.8 Å². The van der Waals surface area contributed by atoms with Gasteiger partial charge in [-0.2, -0.15) is 0 Å². The molecule has 0 fully saturated rings. The third-order valence-electron chi connectivity index (χ3n) is 3.03. The van der Waals surface area contributed by atoms with E-state index in [4.69, 9.17) is 5.73 Å². The lowest BCUT2D eigenvalue weighted by Gasteiger charge is -2.16. The van der Waals surface area contributed by atoms with Gasteiger partial charge in [0.05, 0.1) is 5.25 Å². The van der Waals surface area contributed by atoms with E-state index in [9.17, 15) is 13.2 Å². The van der Waals surface area contributed by atoms with Crippen molar-refractivity contribution in [3.8, 4) is 0 Å². The molecule has 1 atom stereocenters. The Balaban J connectivity index is 2.68. The average Bonchev–Trinajstić information content (AvgIpc) is 2.30. The van der Waals surface area contributed by atoms with Crippen molar-refractivity contribution in [2.24, 2.45) is 5.92 Å². The minimum absolute atomic E-state index is 0.0191. The van der Waals surface area contributed by atoms with Crippen molar-refractivity contribution in [3.05, 3.63) is 24.3 Å².